The van der Waals surface area contributed by atoms with E-state index >= 15 is 0 Å². The molecule has 1 atom stereocenters. The van der Waals surface area contributed by atoms with Gasteiger partial charge in [0.25, 0.3) is 0 Å². The van der Waals surface area contributed by atoms with Crippen molar-refractivity contribution in [2.75, 3.05) is 31.6 Å². The molecular weight excluding hydrogens is 406 g/mol. The zero-order valence-electron chi connectivity index (χ0n) is 18.8. The first kappa shape index (κ1) is 22.0. The monoisotopic (exact) mass is 437 g/mol. The summed E-state index contributed by atoms with van der Waals surface area (Å²) in [6, 6.07) is 15.4. The molecule has 2 heterocycles. The number of ether oxygens (including phenoxy) is 2. The number of likely N-dealkylation sites (tertiary alicyclic amines) is 1. The van der Waals surface area contributed by atoms with Crippen molar-refractivity contribution in [1.82, 2.24) is 10.2 Å². The van der Waals surface area contributed by atoms with E-state index in [1.807, 2.05) is 58.3 Å². The molecule has 2 aromatic carbocycles. The van der Waals surface area contributed by atoms with Crippen molar-refractivity contribution in [3.8, 4) is 11.5 Å². The number of nitrogens with one attached hydrogen (secondary N) is 1. The summed E-state index contributed by atoms with van der Waals surface area (Å²) in [5, 5.41) is 3.03. The number of carbonyl (C=O) groups excluding carboxylic acids is 2. The molecule has 0 bridgehead atoms. The minimum atomic E-state index is -0.0716. The molecule has 7 nitrogen and oxygen atoms in total. The summed E-state index contributed by atoms with van der Waals surface area (Å²) in [6.45, 7) is 4.27. The van der Waals surface area contributed by atoms with Gasteiger partial charge >= 0.3 is 6.03 Å². The summed E-state index contributed by atoms with van der Waals surface area (Å²) in [5.41, 5.74) is 1.85. The van der Waals surface area contributed by atoms with Crippen LogP contribution in [0.25, 0.3) is 0 Å². The number of hydrogen-bond donors (Lipinski definition) is 1. The second-order valence-corrected chi connectivity index (χ2v) is 8.34. The van der Waals surface area contributed by atoms with Gasteiger partial charge in [-0.15, -0.1) is 0 Å². The van der Waals surface area contributed by atoms with E-state index in [0.717, 1.165) is 29.2 Å². The quantitative estimate of drug-likeness (QED) is 0.772. The van der Waals surface area contributed by atoms with Gasteiger partial charge in [-0.05, 0) is 49.1 Å². The predicted octanol–water partition coefficient (Wildman–Crippen LogP) is 3.82. The van der Waals surface area contributed by atoms with Gasteiger partial charge in [-0.1, -0.05) is 31.2 Å². The number of amides is 3. The first-order valence-electron chi connectivity index (χ1n) is 11.3. The summed E-state index contributed by atoms with van der Waals surface area (Å²) >= 11 is 0. The summed E-state index contributed by atoms with van der Waals surface area (Å²) in [5.74, 6) is 1.53. The summed E-state index contributed by atoms with van der Waals surface area (Å²) in [4.78, 5) is 29.6. The van der Waals surface area contributed by atoms with E-state index in [1.54, 1.807) is 7.11 Å². The van der Waals surface area contributed by atoms with Gasteiger partial charge < -0.3 is 19.7 Å². The van der Waals surface area contributed by atoms with E-state index in [-0.39, 0.29) is 24.0 Å². The van der Waals surface area contributed by atoms with Crippen LogP contribution in [0.4, 0.5) is 10.5 Å². The van der Waals surface area contributed by atoms with Gasteiger partial charge in [0.2, 0.25) is 5.91 Å². The highest BCUT2D eigenvalue weighted by atomic mass is 16.5. The number of carbonyl (C=O) groups is 2. The molecule has 0 saturated carbocycles. The van der Waals surface area contributed by atoms with Crippen molar-refractivity contribution in [3.63, 3.8) is 0 Å². The lowest BCUT2D eigenvalue weighted by Gasteiger charge is -2.39. The van der Waals surface area contributed by atoms with E-state index in [0.29, 0.717) is 39.0 Å². The third kappa shape index (κ3) is 4.82. The molecule has 170 valence electrons. The maximum atomic E-state index is 13.3. The van der Waals surface area contributed by atoms with Crippen molar-refractivity contribution in [2.24, 2.45) is 5.92 Å². The summed E-state index contributed by atoms with van der Waals surface area (Å²) in [7, 11) is 1.63. The Kier molecular flexibility index (Phi) is 6.83. The van der Waals surface area contributed by atoms with Crippen LogP contribution in [0.15, 0.2) is 48.5 Å². The number of urea groups is 1. The third-order valence-electron chi connectivity index (χ3n) is 6.28. The van der Waals surface area contributed by atoms with E-state index in [4.69, 9.17) is 9.47 Å². The van der Waals surface area contributed by atoms with E-state index < -0.39 is 0 Å². The fourth-order valence-corrected chi connectivity index (χ4v) is 4.27. The molecule has 1 saturated heterocycles. The number of hydrogen-bond acceptors (Lipinski definition) is 4. The number of piperidine rings is 1. The Morgan fingerprint density at radius 3 is 2.50 bits per heavy atom. The molecule has 0 spiro atoms. The van der Waals surface area contributed by atoms with Gasteiger partial charge in [0.15, 0.2) is 0 Å². The Morgan fingerprint density at radius 1 is 1.09 bits per heavy atom. The minimum absolute atomic E-state index is 0.00343. The molecule has 0 unspecified atom stereocenters. The van der Waals surface area contributed by atoms with Crippen LogP contribution >= 0.6 is 0 Å². The number of methoxy groups -OCH3 is 1. The lowest BCUT2D eigenvalue weighted by molar-refractivity contribution is -0.126. The molecular formula is C25H31N3O4. The smallest absolute Gasteiger partial charge is 0.324 e. The second kappa shape index (κ2) is 9.94. The fraction of sp³-hybridized carbons (Fsp3) is 0.440. The summed E-state index contributed by atoms with van der Waals surface area (Å²) in [6.07, 6.45) is 2.18. The number of rotatable bonds is 5. The normalized spacial score (nSPS) is 18.5. The second-order valence-electron chi connectivity index (χ2n) is 8.34. The Balaban J connectivity index is 1.31. The number of nitrogens with zero attached hydrogens (tertiary/aromatic N) is 2. The number of benzene rings is 2. The Morgan fingerprint density at radius 2 is 1.81 bits per heavy atom. The van der Waals surface area contributed by atoms with Gasteiger partial charge in [0, 0.05) is 25.6 Å². The fourth-order valence-electron chi connectivity index (χ4n) is 4.27. The summed E-state index contributed by atoms with van der Waals surface area (Å²) < 4.78 is 11.2. The van der Waals surface area contributed by atoms with Crippen LogP contribution in [-0.2, 0) is 11.3 Å². The van der Waals surface area contributed by atoms with Crippen LogP contribution in [-0.4, -0.2) is 49.7 Å². The molecule has 32 heavy (non-hydrogen) atoms. The molecule has 7 heteroatoms. The molecule has 2 aromatic rings. The zero-order chi connectivity index (χ0) is 22.5. The molecule has 4 rings (SSSR count). The van der Waals surface area contributed by atoms with E-state index in [2.05, 4.69) is 12.2 Å². The lowest BCUT2D eigenvalue weighted by Crippen LogP contribution is -2.52. The van der Waals surface area contributed by atoms with E-state index in [9.17, 15) is 9.59 Å². The number of para-hydroxylation sites is 2. The van der Waals surface area contributed by atoms with Crippen molar-refractivity contribution in [2.45, 2.75) is 38.8 Å². The molecule has 0 aliphatic carbocycles. The van der Waals surface area contributed by atoms with Crippen LogP contribution in [0.1, 0.15) is 31.7 Å². The topological polar surface area (TPSA) is 71.1 Å². The molecule has 3 amide bonds. The van der Waals surface area contributed by atoms with Crippen molar-refractivity contribution < 1.29 is 19.1 Å². The van der Waals surface area contributed by atoms with Crippen molar-refractivity contribution in [1.29, 1.82) is 0 Å². The van der Waals surface area contributed by atoms with Crippen LogP contribution in [0, 0.1) is 5.92 Å². The Labute approximate surface area is 189 Å². The zero-order valence-corrected chi connectivity index (χ0v) is 18.8. The standard InChI is InChI=1S/C25H31N3O4/c1-3-20-17-28(22-6-4-5-7-23(22)32-20)25(30)27-14-12-19(13-15-27)24(29)26-16-18-8-10-21(31-2)11-9-18/h4-11,19-20H,3,12-17H2,1-2H3,(H,26,29)/t20-/m1/s1. The van der Waals surface area contributed by atoms with Crippen molar-refractivity contribution in [3.05, 3.63) is 54.1 Å². The molecule has 0 radical (unpaired) electrons. The third-order valence-corrected chi connectivity index (χ3v) is 6.28. The van der Waals surface area contributed by atoms with Gasteiger partial charge in [0.05, 0.1) is 19.3 Å². The van der Waals surface area contributed by atoms with Crippen molar-refractivity contribution >= 4 is 17.6 Å². The minimum Gasteiger partial charge on any atom is -0.497 e. The van der Waals surface area contributed by atoms with Gasteiger partial charge in [0.1, 0.15) is 17.6 Å². The number of anilines is 1. The van der Waals surface area contributed by atoms with Crippen LogP contribution < -0.4 is 19.7 Å². The lowest BCUT2D eigenvalue weighted by atomic mass is 9.96. The molecule has 0 aromatic heterocycles. The van der Waals surface area contributed by atoms with Gasteiger partial charge in [-0.3, -0.25) is 9.69 Å². The highest BCUT2D eigenvalue weighted by Gasteiger charge is 2.34. The maximum absolute atomic E-state index is 13.3. The first-order valence-corrected chi connectivity index (χ1v) is 11.3. The van der Waals surface area contributed by atoms with E-state index in [1.165, 1.54) is 0 Å². The average molecular weight is 438 g/mol. The number of fused-ring (bicyclic) bond motifs is 1. The van der Waals surface area contributed by atoms with Gasteiger partial charge in [-0.25, -0.2) is 4.79 Å². The maximum Gasteiger partial charge on any atom is 0.324 e. The molecule has 2 aliphatic rings. The molecule has 1 N–H and O–H groups in total. The molecule has 1 fully saturated rings. The van der Waals surface area contributed by atoms with Crippen LogP contribution in [0.3, 0.4) is 0 Å². The average Bonchev–Trinajstić information content (AvgIpc) is 2.86. The van der Waals surface area contributed by atoms with Crippen LogP contribution in [0.2, 0.25) is 0 Å². The van der Waals surface area contributed by atoms with Gasteiger partial charge in [-0.2, -0.15) is 0 Å². The molecule has 2 aliphatic heterocycles. The van der Waals surface area contributed by atoms with Crippen LogP contribution in [0.5, 0.6) is 11.5 Å². The Hall–Kier alpha value is -3.22. The highest BCUT2D eigenvalue weighted by molar-refractivity contribution is 5.94. The predicted molar refractivity (Wildman–Crippen MR) is 123 cm³/mol. The largest absolute Gasteiger partial charge is 0.497 e. The highest BCUT2D eigenvalue weighted by Crippen LogP contribution is 2.35. The Bertz CT molecular complexity index is 938. The SMILES string of the molecule is CC[C@@H]1CN(C(=O)N2CCC(C(=O)NCc3ccc(OC)cc3)CC2)c2ccccc2O1. The first-order chi connectivity index (χ1) is 15.6.